The number of imide groups is 1. The Hall–Kier alpha value is -4.02. The number of alkyl halides is 3. The third-order valence-electron chi connectivity index (χ3n) is 7.75. The van der Waals surface area contributed by atoms with Gasteiger partial charge in [-0.15, -0.1) is 0 Å². The summed E-state index contributed by atoms with van der Waals surface area (Å²) in [4.78, 5) is 63.2. The molecule has 1 saturated carbocycles. The molecule has 1 saturated heterocycles. The summed E-state index contributed by atoms with van der Waals surface area (Å²) in [6.45, 7) is 1.95. The summed E-state index contributed by atoms with van der Waals surface area (Å²) >= 11 is 0. The molecule has 1 unspecified atom stereocenters. The van der Waals surface area contributed by atoms with Crippen molar-refractivity contribution in [1.82, 2.24) is 15.5 Å². The molecule has 11 heteroatoms. The lowest BCUT2D eigenvalue weighted by atomic mass is 9.93. The van der Waals surface area contributed by atoms with Crippen molar-refractivity contribution in [2.75, 3.05) is 0 Å². The van der Waals surface area contributed by atoms with E-state index >= 15 is 0 Å². The van der Waals surface area contributed by atoms with Crippen LogP contribution >= 0.6 is 0 Å². The fraction of sp³-hybridized carbons (Fsp3) is 0.370. The van der Waals surface area contributed by atoms with Crippen LogP contribution in [0.3, 0.4) is 0 Å². The van der Waals surface area contributed by atoms with Gasteiger partial charge in [-0.2, -0.15) is 13.2 Å². The molecule has 3 aliphatic rings. The molecule has 2 aromatic carbocycles. The minimum atomic E-state index is -4.37. The van der Waals surface area contributed by atoms with Crippen molar-refractivity contribution in [2.24, 2.45) is 0 Å². The molecule has 5 rings (SSSR count). The molecule has 2 heterocycles. The number of fused-ring (bicyclic) bond motifs is 1. The first-order valence-electron chi connectivity index (χ1n) is 12.2. The van der Waals surface area contributed by atoms with Gasteiger partial charge in [0.25, 0.3) is 11.8 Å². The van der Waals surface area contributed by atoms with Gasteiger partial charge >= 0.3 is 6.18 Å². The number of carbonyl (C=O) groups is 5. The third kappa shape index (κ3) is 4.25. The van der Waals surface area contributed by atoms with Crippen LogP contribution in [0.4, 0.5) is 13.2 Å². The number of hydrogen-bond acceptors (Lipinski definition) is 5. The highest BCUT2D eigenvalue weighted by molar-refractivity contribution is 6.42. The maximum absolute atomic E-state index is 13.3. The Morgan fingerprint density at radius 3 is 2.37 bits per heavy atom. The van der Waals surface area contributed by atoms with E-state index in [0.29, 0.717) is 16.7 Å². The summed E-state index contributed by atoms with van der Waals surface area (Å²) in [5.74, 6) is -2.97. The number of hydrogen-bond donors (Lipinski definition) is 2. The van der Waals surface area contributed by atoms with Crippen LogP contribution in [-0.4, -0.2) is 46.5 Å². The number of Topliss-reactive ketones (excluding diaryl/α,β-unsaturated/α-hetero) is 1. The summed E-state index contributed by atoms with van der Waals surface area (Å²) in [7, 11) is 0. The second kappa shape index (κ2) is 9.07. The van der Waals surface area contributed by atoms with Gasteiger partial charge in [0, 0.05) is 30.6 Å². The van der Waals surface area contributed by atoms with Crippen LogP contribution in [0.15, 0.2) is 36.4 Å². The minimum Gasteiger partial charge on any atom is -0.345 e. The van der Waals surface area contributed by atoms with Gasteiger partial charge in [0.2, 0.25) is 17.6 Å². The second-order valence-corrected chi connectivity index (χ2v) is 9.94. The molecule has 0 bridgehead atoms. The predicted molar refractivity (Wildman–Crippen MR) is 127 cm³/mol. The zero-order valence-corrected chi connectivity index (χ0v) is 20.4. The highest BCUT2D eigenvalue weighted by Crippen LogP contribution is 2.58. The van der Waals surface area contributed by atoms with E-state index in [0.717, 1.165) is 5.56 Å². The Balaban J connectivity index is 1.24. The van der Waals surface area contributed by atoms with Crippen LogP contribution < -0.4 is 10.6 Å². The Labute approximate surface area is 215 Å². The van der Waals surface area contributed by atoms with E-state index in [9.17, 15) is 37.1 Å². The Bertz CT molecular complexity index is 1380. The average molecular weight is 527 g/mol. The zero-order valence-electron chi connectivity index (χ0n) is 20.4. The summed E-state index contributed by atoms with van der Waals surface area (Å²) in [6, 6.07) is 7.48. The SMILES string of the molecule is Cc1c(CNC(=O)C(=O)c2ccc(C3(C(F)(F)F)CC3)cc2)ccc2c1CN(C1CCC(=O)NC1=O)C2=O. The molecule has 198 valence electrons. The van der Waals surface area contributed by atoms with Crippen molar-refractivity contribution in [3.05, 3.63) is 69.8 Å². The lowest BCUT2D eigenvalue weighted by molar-refractivity contribution is -0.160. The standard InChI is InChI=1S/C27H24F3N3O5/c1-14-16(4-7-18-19(14)13-33(25(18)38)20-8-9-21(34)32-23(20)36)12-31-24(37)22(35)15-2-5-17(6-3-15)26(10-11-26)27(28,29)30/h2-7,20H,8-13H2,1H3,(H,31,37)(H,32,34,36). The minimum absolute atomic E-state index is 0.00128. The largest absolute Gasteiger partial charge is 0.398 e. The highest BCUT2D eigenvalue weighted by atomic mass is 19.4. The number of piperidine rings is 1. The van der Waals surface area contributed by atoms with Crippen molar-refractivity contribution < 1.29 is 37.1 Å². The Morgan fingerprint density at radius 2 is 1.76 bits per heavy atom. The van der Waals surface area contributed by atoms with Crippen molar-refractivity contribution in [2.45, 2.75) is 63.3 Å². The lowest BCUT2D eigenvalue weighted by Crippen LogP contribution is -2.52. The van der Waals surface area contributed by atoms with Crippen LogP contribution in [0.5, 0.6) is 0 Å². The van der Waals surface area contributed by atoms with E-state index in [1.807, 2.05) is 0 Å². The first-order chi connectivity index (χ1) is 17.9. The Kier molecular flexibility index (Phi) is 6.12. The van der Waals surface area contributed by atoms with E-state index in [1.54, 1.807) is 19.1 Å². The number of ketones is 1. The number of rotatable bonds is 6. The number of benzene rings is 2. The fourth-order valence-corrected chi connectivity index (χ4v) is 5.22. The van der Waals surface area contributed by atoms with Crippen molar-refractivity contribution in [1.29, 1.82) is 0 Å². The van der Waals surface area contributed by atoms with Crippen LogP contribution in [0.2, 0.25) is 0 Å². The molecule has 0 spiro atoms. The summed E-state index contributed by atoms with van der Waals surface area (Å²) in [6.07, 6.45) is -3.98. The molecular formula is C27H24F3N3O5. The monoisotopic (exact) mass is 527 g/mol. The summed E-state index contributed by atoms with van der Waals surface area (Å²) in [5, 5.41) is 4.79. The predicted octanol–water partition coefficient (Wildman–Crippen LogP) is 2.85. The maximum atomic E-state index is 13.3. The first-order valence-corrected chi connectivity index (χ1v) is 12.2. The number of halogens is 3. The molecule has 2 fully saturated rings. The van der Waals surface area contributed by atoms with E-state index in [2.05, 4.69) is 10.6 Å². The van der Waals surface area contributed by atoms with Gasteiger partial charge in [-0.1, -0.05) is 30.3 Å². The van der Waals surface area contributed by atoms with Crippen molar-refractivity contribution in [3.8, 4) is 0 Å². The fourth-order valence-electron chi connectivity index (χ4n) is 5.22. The number of nitrogens with zero attached hydrogens (tertiary/aromatic N) is 1. The smallest absolute Gasteiger partial charge is 0.345 e. The van der Waals surface area contributed by atoms with Gasteiger partial charge in [0.05, 0.1) is 5.41 Å². The molecule has 0 aromatic heterocycles. The number of nitrogens with one attached hydrogen (secondary N) is 2. The third-order valence-corrected chi connectivity index (χ3v) is 7.75. The van der Waals surface area contributed by atoms with Gasteiger partial charge in [-0.25, -0.2) is 0 Å². The average Bonchev–Trinajstić information content (AvgIpc) is 3.63. The van der Waals surface area contributed by atoms with E-state index in [1.165, 1.54) is 29.2 Å². The van der Waals surface area contributed by atoms with Gasteiger partial charge in [-0.05, 0) is 54.5 Å². The molecule has 0 radical (unpaired) electrons. The van der Waals surface area contributed by atoms with Crippen molar-refractivity contribution in [3.63, 3.8) is 0 Å². The highest BCUT2D eigenvalue weighted by Gasteiger charge is 2.64. The van der Waals surface area contributed by atoms with E-state index in [4.69, 9.17) is 0 Å². The Morgan fingerprint density at radius 1 is 1.08 bits per heavy atom. The molecule has 1 aliphatic carbocycles. The van der Waals surface area contributed by atoms with Crippen LogP contribution in [-0.2, 0) is 32.9 Å². The maximum Gasteiger partial charge on any atom is 0.398 e. The topological polar surface area (TPSA) is 113 Å². The molecule has 8 nitrogen and oxygen atoms in total. The lowest BCUT2D eigenvalue weighted by Gasteiger charge is -2.29. The van der Waals surface area contributed by atoms with Crippen LogP contribution in [0, 0.1) is 6.92 Å². The second-order valence-electron chi connectivity index (χ2n) is 9.94. The molecule has 38 heavy (non-hydrogen) atoms. The zero-order chi connectivity index (χ0) is 27.4. The van der Waals surface area contributed by atoms with E-state index < -0.39 is 35.2 Å². The first kappa shape index (κ1) is 25.6. The summed E-state index contributed by atoms with van der Waals surface area (Å²) < 4.78 is 40.0. The molecule has 1 atom stereocenters. The van der Waals surface area contributed by atoms with E-state index in [-0.39, 0.29) is 61.7 Å². The quantitative estimate of drug-likeness (QED) is 0.341. The van der Waals surface area contributed by atoms with Gasteiger partial charge < -0.3 is 10.2 Å². The normalized spacial score (nSPS) is 20.2. The summed E-state index contributed by atoms with van der Waals surface area (Å²) in [5.41, 5.74) is 0.732. The molecule has 2 aliphatic heterocycles. The van der Waals surface area contributed by atoms with Gasteiger partial charge in [-0.3, -0.25) is 29.3 Å². The number of carbonyl (C=O) groups excluding carboxylic acids is 5. The van der Waals surface area contributed by atoms with Crippen LogP contribution in [0.25, 0.3) is 0 Å². The molecule has 2 aromatic rings. The van der Waals surface area contributed by atoms with Gasteiger partial charge in [0.15, 0.2) is 0 Å². The molecule has 4 amide bonds. The van der Waals surface area contributed by atoms with Gasteiger partial charge in [0.1, 0.15) is 6.04 Å². The molecule has 2 N–H and O–H groups in total. The van der Waals surface area contributed by atoms with Crippen LogP contribution in [0.1, 0.15) is 68.7 Å². The van der Waals surface area contributed by atoms with Crippen molar-refractivity contribution >= 4 is 29.4 Å². The molecular weight excluding hydrogens is 503 g/mol. The number of amides is 4.